The third kappa shape index (κ3) is 4.56. The molecular formula is C15H21ClF2. The molecule has 1 aromatic rings. The average Bonchev–Trinajstić information content (AvgIpc) is 2.35. The van der Waals surface area contributed by atoms with Gasteiger partial charge < -0.3 is 0 Å². The molecule has 0 aliphatic rings. The van der Waals surface area contributed by atoms with Gasteiger partial charge in [-0.05, 0) is 36.5 Å². The molecule has 0 heterocycles. The van der Waals surface area contributed by atoms with E-state index < -0.39 is 11.6 Å². The van der Waals surface area contributed by atoms with Crippen molar-refractivity contribution in [2.24, 2.45) is 5.92 Å². The van der Waals surface area contributed by atoms with Crippen LogP contribution in [0.3, 0.4) is 0 Å². The Morgan fingerprint density at radius 2 is 1.89 bits per heavy atom. The predicted molar refractivity (Wildman–Crippen MR) is 73.0 cm³/mol. The highest BCUT2D eigenvalue weighted by Crippen LogP contribution is 2.25. The van der Waals surface area contributed by atoms with E-state index in [2.05, 4.69) is 13.8 Å². The van der Waals surface area contributed by atoms with Crippen molar-refractivity contribution in [1.82, 2.24) is 0 Å². The van der Waals surface area contributed by atoms with E-state index in [1.54, 1.807) is 6.07 Å². The smallest absolute Gasteiger partial charge is 0.159 e. The summed E-state index contributed by atoms with van der Waals surface area (Å²) in [6, 6.07) is 4.03. The van der Waals surface area contributed by atoms with E-state index >= 15 is 0 Å². The highest BCUT2D eigenvalue weighted by atomic mass is 35.5. The molecule has 0 aromatic heterocycles. The van der Waals surface area contributed by atoms with Crippen molar-refractivity contribution >= 4 is 11.6 Å². The van der Waals surface area contributed by atoms with Crippen LogP contribution < -0.4 is 0 Å². The summed E-state index contributed by atoms with van der Waals surface area (Å²) in [5.74, 6) is -1.15. The molecule has 0 fully saturated rings. The Morgan fingerprint density at radius 3 is 2.44 bits per heavy atom. The first-order valence-electron chi connectivity index (χ1n) is 6.66. The lowest BCUT2D eigenvalue weighted by Gasteiger charge is -2.20. The van der Waals surface area contributed by atoms with E-state index in [0.717, 1.165) is 24.8 Å². The third-order valence-corrected chi connectivity index (χ3v) is 3.89. The molecule has 0 aliphatic heterocycles. The van der Waals surface area contributed by atoms with Crippen molar-refractivity contribution in [3.8, 4) is 0 Å². The lowest BCUT2D eigenvalue weighted by molar-refractivity contribution is 0.427. The zero-order valence-electron chi connectivity index (χ0n) is 11.1. The summed E-state index contributed by atoms with van der Waals surface area (Å²) in [5, 5.41) is -0.00795. The summed E-state index contributed by atoms with van der Waals surface area (Å²) < 4.78 is 25.9. The molecule has 2 unspecified atom stereocenters. The van der Waals surface area contributed by atoms with Gasteiger partial charge in [0.15, 0.2) is 11.6 Å². The fraction of sp³-hybridized carbons (Fsp3) is 0.600. The molecule has 1 aromatic carbocycles. The summed E-state index contributed by atoms with van der Waals surface area (Å²) in [7, 11) is 0. The summed E-state index contributed by atoms with van der Waals surface area (Å²) in [5.41, 5.74) is 0.767. The summed E-state index contributed by atoms with van der Waals surface area (Å²) in [6.07, 6.45) is 5.05. The Kier molecular flexibility index (Phi) is 6.62. The number of hydrogen-bond acceptors (Lipinski definition) is 0. The molecule has 0 nitrogen and oxygen atoms in total. The first kappa shape index (κ1) is 15.4. The lowest BCUT2D eigenvalue weighted by atomic mass is 9.92. The molecule has 3 heteroatoms. The fourth-order valence-electron chi connectivity index (χ4n) is 2.17. The zero-order chi connectivity index (χ0) is 13.5. The first-order chi connectivity index (χ1) is 8.58. The number of alkyl halides is 1. The maximum Gasteiger partial charge on any atom is 0.159 e. The van der Waals surface area contributed by atoms with Crippen LogP contribution >= 0.6 is 11.6 Å². The number of hydrogen-bond donors (Lipinski definition) is 0. The lowest BCUT2D eigenvalue weighted by Crippen LogP contribution is -2.17. The molecule has 0 saturated heterocycles. The average molecular weight is 275 g/mol. The second-order valence-corrected chi connectivity index (χ2v) is 5.34. The van der Waals surface area contributed by atoms with E-state index in [-0.39, 0.29) is 5.38 Å². The SMILES string of the molecule is CCCCC(CC)C(Cl)Cc1ccc(F)c(F)c1. The minimum Gasteiger partial charge on any atom is -0.204 e. The Morgan fingerprint density at radius 1 is 1.17 bits per heavy atom. The van der Waals surface area contributed by atoms with Gasteiger partial charge in [-0.1, -0.05) is 39.2 Å². The molecule has 18 heavy (non-hydrogen) atoms. The Bertz CT molecular complexity index is 366. The Balaban J connectivity index is 2.61. The van der Waals surface area contributed by atoms with E-state index in [1.165, 1.54) is 18.6 Å². The molecule has 0 radical (unpaired) electrons. The van der Waals surface area contributed by atoms with Gasteiger partial charge in [0.05, 0.1) is 0 Å². The third-order valence-electron chi connectivity index (χ3n) is 3.38. The number of rotatable bonds is 7. The van der Waals surface area contributed by atoms with Gasteiger partial charge in [0.25, 0.3) is 0 Å². The Hall–Kier alpha value is -0.630. The van der Waals surface area contributed by atoms with Crippen molar-refractivity contribution in [3.05, 3.63) is 35.4 Å². The van der Waals surface area contributed by atoms with Gasteiger partial charge in [0.1, 0.15) is 0 Å². The van der Waals surface area contributed by atoms with Gasteiger partial charge in [-0.15, -0.1) is 11.6 Å². The monoisotopic (exact) mass is 274 g/mol. The van der Waals surface area contributed by atoms with Crippen molar-refractivity contribution in [3.63, 3.8) is 0 Å². The van der Waals surface area contributed by atoms with E-state index in [1.807, 2.05) is 0 Å². The standard InChI is InChI=1S/C15H21ClF2/c1-3-5-6-12(4-2)13(16)9-11-7-8-14(17)15(18)10-11/h7-8,10,12-13H,3-6,9H2,1-2H3. The zero-order valence-corrected chi connectivity index (χ0v) is 11.8. The molecule has 0 N–H and O–H groups in total. The number of halogens is 3. The highest BCUT2D eigenvalue weighted by Gasteiger charge is 2.18. The second kappa shape index (κ2) is 7.73. The van der Waals surface area contributed by atoms with Crippen molar-refractivity contribution in [2.75, 3.05) is 0 Å². The van der Waals surface area contributed by atoms with E-state index in [4.69, 9.17) is 11.6 Å². The van der Waals surface area contributed by atoms with Gasteiger partial charge in [0.2, 0.25) is 0 Å². The van der Waals surface area contributed by atoms with Crippen molar-refractivity contribution in [1.29, 1.82) is 0 Å². The fourth-order valence-corrected chi connectivity index (χ4v) is 2.65. The second-order valence-electron chi connectivity index (χ2n) is 4.78. The van der Waals surface area contributed by atoms with Crippen LogP contribution in [0.15, 0.2) is 18.2 Å². The first-order valence-corrected chi connectivity index (χ1v) is 7.10. The van der Waals surface area contributed by atoms with Crippen LogP contribution in [-0.2, 0) is 6.42 Å². The molecule has 0 saturated carbocycles. The van der Waals surface area contributed by atoms with Gasteiger partial charge in [-0.25, -0.2) is 8.78 Å². The quantitative estimate of drug-likeness (QED) is 0.590. The summed E-state index contributed by atoms with van der Waals surface area (Å²) in [4.78, 5) is 0. The van der Waals surface area contributed by atoms with Gasteiger partial charge in [0, 0.05) is 5.38 Å². The predicted octanol–water partition coefficient (Wildman–Crippen LogP) is 5.33. The topological polar surface area (TPSA) is 0 Å². The van der Waals surface area contributed by atoms with Crippen LogP contribution in [0.25, 0.3) is 0 Å². The number of unbranched alkanes of at least 4 members (excludes halogenated alkanes) is 1. The molecule has 1 rings (SSSR count). The summed E-state index contributed by atoms with van der Waals surface area (Å²) >= 11 is 6.39. The minimum absolute atomic E-state index is 0.00795. The van der Waals surface area contributed by atoms with Crippen LogP contribution in [0.4, 0.5) is 8.78 Å². The van der Waals surface area contributed by atoms with Crippen LogP contribution in [0.5, 0.6) is 0 Å². The van der Waals surface area contributed by atoms with Crippen molar-refractivity contribution in [2.45, 2.75) is 51.3 Å². The minimum atomic E-state index is -0.803. The van der Waals surface area contributed by atoms with Gasteiger partial charge in [-0.2, -0.15) is 0 Å². The van der Waals surface area contributed by atoms with Crippen LogP contribution in [0, 0.1) is 17.6 Å². The molecule has 2 atom stereocenters. The molecular weight excluding hydrogens is 254 g/mol. The molecule has 0 aliphatic carbocycles. The largest absolute Gasteiger partial charge is 0.204 e. The summed E-state index contributed by atoms with van der Waals surface area (Å²) in [6.45, 7) is 4.28. The van der Waals surface area contributed by atoms with Crippen LogP contribution in [0.1, 0.15) is 45.1 Å². The molecule has 0 bridgehead atoms. The van der Waals surface area contributed by atoms with Crippen molar-refractivity contribution < 1.29 is 8.78 Å². The van der Waals surface area contributed by atoms with Gasteiger partial charge >= 0.3 is 0 Å². The van der Waals surface area contributed by atoms with Gasteiger partial charge in [-0.3, -0.25) is 0 Å². The molecule has 0 spiro atoms. The van der Waals surface area contributed by atoms with E-state index in [0.29, 0.717) is 12.3 Å². The van der Waals surface area contributed by atoms with E-state index in [9.17, 15) is 8.78 Å². The van der Waals surface area contributed by atoms with Crippen LogP contribution in [-0.4, -0.2) is 5.38 Å². The normalized spacial score (nSPS) is 14.5. The molecule has 102 valence electrons. The van der Waals surface area contributed by atoms with Crippen LogP contribution in [0.2, 0.25) is 0 Å². The number of benzene rings is 1. The Labute approximate surface area is 113 Å². The maximum atomic E-state index is 13.1. The maximum absolute atomic E-state index is 13.1. The molecule has 0 amide bonds. The highest BCUT2D eigenvalue weighted by molar-refractivity contribution is 6.20.